The van der Waals surface area contributed by atoms with Gasteiger partial charge in [-0.15, -0.1) is 0 Å². The Bertz CT molecular complexity index is 444. The molecule has 2 N–H and O–H groups in total. The summed E-state index contributed by atoms with van der Waals surface area (Å²) in [4.78, 5) is 10.8. The highest BCUT2D eigenvalue weighted by Crippen LogP contribution is 2.31. The van der Waals surface area contributed by atoms with Crippen LogP contribution in [0.3, 0.4) is 0 Å². The molecule has 0 spiro atoms. The molecule has 5 nitrogen and oxygen atoms in total. The quantitative estimate of drug-likeness (QED) is 0.690. The van der Waals surface area contributed by atoms with E-state index < -0.39 is 12.0 Å². The molecule has 17 heavy (non-hydrogen) atoms. The van der Waals surface area contributed by atoms with Crippen LogP contribution >= 0.6 is 0 Å². The number of carboxylic acids is 1. The lowest BCUT2D eigenvalue weighted by molar-refractivity contribution is -0.701. The molecule has 0 unspecified atom stereocenters. The largest absolute Gasteiger partial charge is 0.544 e. The summed E-state index contributed by atoms with van der Waals surface area (Å²) in [5.41, 5.74) is 2.07. The number of carbonyl (C=O) groups is 1. The fourth-order valence-corrected chi connectivity index (χ4v) is 2.11. The second kappa shape index (κ2) is 4.63. The van der Waals surface area contributed by atoms with Gasteiger partial charge in [-0.25, -0.2) is 0 Å². The van der Waals surface area contributed by atoms with Gasteiger partial charge in [-0.2, -0.15) is 0 Å². The highest BCUT2D eigenvalue weighted by Gasteiger charge is 2.24. The summed E-state index contributed by atoms with van der Waals surface area (Å²) in [6.07, 6.45) is 0.456. The monoisotopic (exact) mass is 237 g/mol. The first-order chi connectivity index (χ1) is 8.15. The molecule has 1 atom stereocenters. The fourth-order valence-electron chi connectivity index (χ4n) is 2.11. The van der Waals surface area contributed by atoms with Gasteiger partial charge in [0.1, 0.15) is 12.6 Å². The molecule has 1 heterocycles. The van der Waals surface area contributed by atoms with E-state index >= 15 is 0 Å². The maximum atomic E-state index is 10.8. The topological polar surface area (TPSA) is 75.2 Å². The molecule has 5 heteroatoms. The van der Waals surface area contributed by atoms with E-state index in [-0.39, 0.29) is 0 Å². The summed E-state index contributed by atoms with van der Waals surface area (Å²) in [7, 11) is 3.15. The number of benzene rings is 1. The molecule has 2 rings (SSSR count). The Morgan fingerprint density at radius 2 is 1.88 bits per heavy atom. The molecule has 0 aromatic heterocycles. The first-order valence-electron chi connectivity index (χ1n) is 5.43. The van der Waals surface area contributed by atoms with E-state index in [4.69, 9.17) is 9.47 Å². The number of ether oxygens (including phenoxy) is 2. The van der Waals surface area contributed by atoms with Gasteiger partial charge in [0.05, 0.1) is 20.2 Å². The van der Waals surface area contributed by atoms with Crippen LogP contribution in [0.15, 0.2) is 12.1 Å². The van der Waals surface area contributed by atoms with Gasteiger partial charge in [0.25, 0.3) is 0 Å². The molecule has 0 bridgehead atoms. The number of nitrogens with two attached hydrogens (primary N) is 1. The van der Waals surface area contributed by atoms with Gasteiger partial charge in [-0.1, -0.05) is 0 Å². The minimum atomic E-state index is -1.02. The van der Waals surface area contributed by atoms with Crippen molar-refractivity contribution in [1.29, 1.82) is 0 Å². The Kier molecular flexibility index (Phi) is 3.19. The van der Waals surface area contributed by atoms with Crippen molar-refractivity contribution < 1.29 is 24.7 Å². The van der Waals surface area contributed by atoms with Crippen molar-refractivity contribution in [2.24, 2.45) is 0 Å². The number of quaternary nitrogens is 1. The standard InChI is InChI=1S/C12H15NO4/c1-16-10-4-7-3-9(12(14)15)13-6-8(7)5-11(10)17-2/h4-5,9,13H,3,6H2,1-2H3,(H,14,15)/t9-/m1/s1. The number of rotatable bonds is 3. The van der Waals surface area contributed by atoms with Crippen molar-refractivity contribution in [1.82, 2.24) is 0 Å². The van der Waals surface area contributed by atoms with Crippen molar-refractivity contribution in [3.05, 3.63) is 23.3 Å². The number of fused-ring (bicyclic) bond motifs is 1. The van der Waals surface area contributed by atoms with Crippen molar-refractivity contribution >= 4 is 5.97 Å². The zero-order chi connectivity index (χ0) is 12.4. The summed E-state index contributed by atoms with van der Waals surface area (Å²) < 4.78 is 10.4. The molecule has 0 saturated carbocycles. The van der Waals surface area contributed by atoms with E-state index in [0.717, 1.165) is 11.1 Å². The first-order valence-corrected chi connectivity index (χ1v) is 5.43. The van der Waals surface area contributed by atoms with Crippen molar-refractivity contribution in [2.45, 2.75) is 19.0 Å². The van der Waals surface area contributed by atoms with Gasteiger partial charge < -0.3 is 24.7 Å². The molecule has 0 saturated heterocycles. The number of aliphatic carboxylic acids is 1. The highest BCUT2D eigenvalue weighted by molar-refractivity contribution is 5.70. The third kappa shape index (κ3) is 2.19. The average molecular weight is 237 g/mol. The van der Waals surface area contributed by atoms with E-state index in [1.165, 1.54) is 0 Å². The molecule has 0 amide bonds. The van der Waals surface area contributed by atoms with Crippen LogP contribution in [0.1, 0.15) is 11.1 Å². The van der Waals surface area contributed by atoms with Crippen LogP contribution in [-0.2, 0) is 17.8 Å². The maximum absolute atomic E-state index is 10.8. The molecule has 0 aliphatic carbocycles. The van der Waals surface area contributed by atoms with Gasteiger partial charge in [-0.3, -0.25) is 0 Å². The van der Waals surface area contributed by atoms with E-state index in [0.29, 0.717) is 24.5 Å². The van der Waals surface area contributed by atoms with Crippen LogP contribution in [0.5, 0.6) is 11.5 Å². The summed E-state index contributed by atoms with van der Waals surface area (Å²) in [5.74, 6) is 0.280. The number of hydrogen-bond donors (Lipinski definition) is 1. The molecule has 1 aromatic rings. The molecule has 1 aliphatic rings. The minimum absolute atomic E-state index is 0.456. The van der Waals surface area contributed by atoms with E-state index in [1.54, 1.807) is 19.5 Å². The second-order valence-corrected chi connectivity index (χ2v) is 4.05. The number of methoxy groups -OCH3 is 2. The lowest BCUT2D eigenvalue weighted by atomic mass is 9.95. The van der Waals surface area contributed by atoms with Crippen molar-refractivity contribution in [2.75, 3.05) is 14.2 Å². The average Bonchev–Trinajstić information content (AvgIpc) is 2.36. The van der Waals surface area contributed by atoms with Crippen LogP contribution in [0.4, 0.5) is 0 Å². The predicted octanol–water partition coefficient (Wildman–Crippen LogP) is -1.56. The lowest BCUT2D eigenvalue weighted by Gasteiger charge is -2.24. The summed E-state index contributed by atoms with van der Waals surface area (Å²) in [5, 5.41) is 12.6. The third-order valence-electron chi connectivity index (χ3n) is 3.07. The molecule has 1 aliphatic heterocycles. The second-order valence-electron chi connectivity index (χ2n) is 4.05. The normalized spacial score (nSPS) is 18.4. The van der Waals surface area contributed by atoms with Crippen LogP contribution in [0.2, 0.25) is 0 Å². The van der Waals surface area contributed by atoms with Crippen LogP contribution < -0.4 is 19.9 Å². The van der Waals surface area contributed by atoms with Gasteiger partial charge in [0.15, 0.2) is 11.5 Å². The van der Waals surface area contributed by atoms with Gasteiger partial charge in [0.2, 0.25) is 0 Å². The number of carbonyl (C=O) groups excluding carboxylic acids is 1. The highest BCUT2D eigenvalue weighted by atomic mass is 16.5. The Morgan fingerprint density at radius 1 is 1.29 bits per heavy atom. The molecular formula is C12H15NO4. The van der Waals surface area contributed by atoms with Crippen LogP contribution in [0.25, 0.3) is 0 Å². The molecular weight excluding hydrogens is 222 g/mol. The zero-order valence-corrected chi connectivity index (χ0v) is 9.86. The predicted molar refractivity (Wildman–Crippen MR) is 57.7 cm³/mol. The Labute approximate surface area is 99.3 Å². The number of hydrogen-bond acceptors (Lipinski definition) is 4. The third-order valence-corrected chi connectivity index (χ3v) is 3.07. The van der Waals surface area contributed by atoms with Crippen molar-refractivity contribution in [3.63, 3.8) is 0 Å². The molecule has 0 radical (unpaired) electrons. The van der Waals surface area contributed by atoms with E-state index in [2.05, 4.69) is 0 Å². The van der Waals surface area contributed by atoms with Gasteiger partial charge in [-0.05, 0) is 17.7 Å². The SMILES string of the molecule is COc1cc2c(cc1OC)C[C@H](C(=O)[O-])[NH2+]C2. The van der Waals surface area contributed by atoms with Crippen LogP contribution in [-0.4, -0.2) is 26.2 Å². The van der Waals surface area contributed by atoms with Crippen LogP contribution in [0, 0.1) is 0 Å². The van der Waals surface area contributed by atoms with Crippen molar-refractivity contribution in [3.8, 4) is 11.5 Å². The zero-order valence-electron chi connectivity index (χ0n) is 9.86. The molecule has 1 aromatic carbocycles. The maximum Gasteiger partial charge on any atom is 0.161 e. The van der Waals surface area contributed by atoms with E-state index in [1.807, 2.05) is 12.1 Å². The Hall–Kier alpha value is -1.75. The number of carboxylic acid groups (broad SMARTS) is 1. The minimum Gasteiger partial charge on any atom is -0.544 e. The Balaban J connectivity index is 2.35. The first kappa shape index (κ1) is 11.7. The Morgan fingerprint density at radius 3 is 2.41 bits per heavy atom. The molecule has 92 valence electrons. The summed E-state index contributed by atoms with van der Waals surface area (Å²) in [6, 6.07) is 3.23. The van der Waals surface area contributed by atoms with Gasteiger partial charge >= 0.3 is 0 Å². The lowest BCUT2D eigenvalue weighted by Crippen LogP contribution is -2.93. The fraction of sp³-hybridized carbons (Fsp3) is 0.417. The summed E-state index contributed by atoms with van der Waals surface area (Å²) >= 11 is 0. The molecule has 0 fully saturated rings. The summed E-state index contributed by atoms with van der Waals surface area (Å²) in [6.45, 7) is 0.619. The smallest absolute Gasteiger partial charge is 0.161 e. The van der Waals surface area contributed by atoms with Gasteiger partial charge in [0, 0.05) is 12.0 Å². The van der Waals surface area contributed by atoms with E-state index in [9.17, 15) is 9.90 Å².